The van der Waals surface area contributed by atoms with Gasteiger partial charge in [-0.25, -0.2) is 4.39 Å². The van der Waals surface area contributed by atoms with E-state index in [0.717, 1.165) is 5.56 Å². The van der Waals surface area contributed by atoms with Crippen LogP contribution in [-0.4, -0.2) is 64.8 Å². The molecule has 0 fully saturated rings. The number of hydrogen-bond acceptors (Lipinski definition) is 5. The fourth-order valence-electron chi connectivity index (χ4n) is 4.61. The van der Waals surface area contributed by atoms with E-state index in [9.17, 15) is 23.9 Å². The Morgan fingerprint density at radius 1 is 0.974 bits per heavy atom. The first kappa shape index (κ1) is 30.8. The molecule has 0 bridgehead atoms. The van der Waals surface area contributed by atoms with Gasteiger partial charge < -0.3 is 26.4 Å². The molecule has 8 nitrogen and oxygen atoms in total. The van der Waals surface area contributed by atoms with E-state index in [1.807, 2.05) is 20.8 Å². The van der Waals surface area contributed by atoms with E-state index in [1.165, 1.54) is 30.0 Å². The minimum absolute atomic E-state index is 0.0223. The summed E-state index contributed by atoms with van der Waals surface area (Å²) in [5, 5.41) is 10.3. The van der Waals surface area contributed by atoms with Crippen molar-refractivity contribution < 1.29 is 23.9 Å². The molecule has 3 amide bonds. The number of phenols is 1. The molecule has 0 heterocycles. The lowest BCUT2D eigenvalue weighted by molar-refractivity contribution is -0.149. The van der Waals surface area contributed by atoms with E-state index in [0.29, 0.717) is 11.1 Å². The van der Waals surface area contributed by atoms with Crippen LogP contribution >= 0.6 is 0 Å². The molecule has 0 aliphatic rings. The number of likely N-dealkylation sites (N-methyl/N-ethyl adjacent to an activating group) is 2. The van der Waals surface area contributed by atoms with Crippen LogP contribution in [0, 0.1) is 11.7 Å². The van der Waals surface area contributed by atoms with Crippen molar-refractivity contribution in [3.8, 4) is 5.75 Å². The summed E-state index contributed by atoms with van der Waals surface area (Å²) in [7, 11) is 2.96. The Hall–Kier alpha value is -3.46. The molecule has 0 saturated carbocycles. The van der Waals surface area contributed by atoms with Gasteiger partial charge in [0, 0.05) is 20.5 Å². The van der Waals surface area contributed by atoms with E-state index in [2.05, 4.69) is 0 Å². The predicted molar refractivity (Wildman–Crippen MR) is 146 cm³/mol. The summed E-state index contributed by atoms with van der Waals surface area (Å²) in [4.78, 5) is 41.9. The molecule has 2 rings (SSSR count). The number of phenolic OH excluding ortho intramolecular Hbond substituents is 1. The van der Waals surface area contributed by atoms with Gasteiger partial charge in [-0.05, 0) is 46.6 Å². The Balaban J connectivity index is 2.28. The molecule has 2 aromatic carbocycles. The first-order chi connectivity index (χ1) is 17.6. The third-order valence-electron chi connectivity index (χ3n) is 6.81. The van der Waals surface area contributed by atoms with Gasteiger partial charge in [0.2, 0.25) is 17.7 Å². The first-order valence-corrected chi connectivity index (χ1v) is 12.7. The molecule has 0 aromatic heterocycles. The van der Waals surface area contributed by atoms with Gasteiger partial charge in [-0.2, -0.15) is 0 Å². The lowest BCUT2D eigenvalue weighted by Gasteiger charge is -2.36. The fraction of sp³-hybridized carbons (Fsp3) is 0.483. The number of benzene rings is 2. The third-order valence-corrected chi connectivity index (χ3v) is 6.81. The van der Waals surface area contributed by atoms with Gasteiger partial charge in [0.15, 0.2) is 0 Å². The average Bonchev–Trinajstić information content (AvgIpc) is 2.82. The summed E-state index contributed by atoms with van der Waals surface area (Å²) in [6.07, 6.45) is 0.113. The SMILES string of the molecule is CC(C)[C@@H](C(=O)N(C)[C@@H](Cc1ccc(O)c(C(C)(C)C)c1)C(N)=O)N(C)C(=O)[C@@H](N)Cc1ccccc1F. The largest absolute Gasteiger partial charge is 0.508 e. The van der Waals surface area contributed by atoms with E-state index < -0.39 is 41.7 Å². The number of primary amides is 1. The van der Waals surface area contributed by atoms with Crippen molar-refractivity contribution >= 4 is 17.7 Å². The minimum atomic E-state index is -1.06. The number of rotatable bonds is 10. The van der Waals surface area contributed by atoms with Crippen molar-refractivity contribution in [2.24, 2.45) is 17.4 Å². The molecule has 9 heteroatoms. The summed E-state index contributed by atoms with van der Waals surface area (Å²) < 4.78 is 14.1. The molecule has 0 unspecified atom stereocenters. The first-order valence-electron chi connectivity index (χ1n) is 12.7. The highest BCUT2D eigenvalue weighted by molar-refractivity contribution is 5.93. The Kier molecular flexibility index (Phi) is 10.0. The van der Waals surface area contributed by atoms with Crippen molar-refractivity contribution in [3.05, 3.63) is 65.0 Å². The lowest BCUT2D eigenvalue weighted by Crippen LogP contribution is -2.58. The van der Waals surface area contributed by atoms with Crippen molar-refractivity contribution in [3.63, 3.8) is 0 Å². The van der Waals surface area contributed by atoms with Crippen LogP contribution in [0.15, 0.2) is 42.5 Å². The van der Waals surface area contributed by atoms with Crippen molar-refractivity contribution in [2.75, 3.05) is 14.1 Å². The molecule has 3 atom stereocenters. The summed E-state index contributed by atoms with van der Waals surface area (Å²) in [5.74, 6) is -2.30. The normalized spacial score (nSPS) is 14.1. The second-order valence-electron chi connectivity index (χ2n) is 11.2. The molecular formula is C29H41FN4O4. The fourth-order valence-corrected chi connectivity index (χ4v) is 4.61. The average molecular weight is 529 g/mol. The lowest BCUT2D eigenvalue weighted by atomic mass is 9.84. The molecule has 2 aromatic rings. The van der Waals surface area contributed by atoms with Crippen molar-refractivity contribution in [1.82, 2.24) is 9.80 Å². The predicted octanol–water partition coefficient (Wildman–Crippen LogP) is 2.74. The van der Waals surface area contributed by atoms with Crippen LogP contribution in [0.5, 0.6) is 5.75 Å². The molecule has 0 aliphatic carbocycles. The topological polar surface area (TPSA) is 130 Å². The van der Waals surface area contributed by atoms with Gasteiger partial charge in [-0.15, -0.1) is 0 Å². The van der Waals surface area contributed by atoms with E-state index >= 15 is 0 Å². The Morgan fingerprint density at radius 3 is 2.11 bits per heavy atom. The zero-order valence-electron chi connectivity index (χ0n) is 23.4. The van der Waals surface area contributed by atoms with Gasteiger partial charge in [0.05, 0.1) is 6.04 Å². The number of nitrogens with two attached hydrogens (primary N) is 2. The second-order valence-corrected chi connectivity index (χ2v) is 11.2. The molecule has 38 heavy (non-hydrogen) atoms. The standard InChI is InChI=1S/C29H41FN4O4/c1-17(2)25(34(7)27(37)22(31)16-19-10-8-9-11-21(19)30)28(38)33(6)23(26(32)36)15-18-12-13-24(35)20(14-18)29(3,4)5/h8-14,17,22-23,25,35H,15-16,31H2,1-7H3,(H2,32,36)/t22-,23-,25-/m0/s1. The van der Waals surface area contributed by atoms with Crippen LogP contribution < -0.4 is 11.5 Å². The maximum atomic E-state index is 14.1. The molecule has 208 valence electrons. The molecule has 0 spiro atoms. The van der Waals surface area contributed by atoms with E-state index in [4.69, 9.17) is 11.5 Å². The maximum absolute atomic E-state index is 14.1. The minimum Gasteiger partial charge on any atom is -0.508 e. The molecule has 0 saturated heterocycles. The summed E-state index contributed by atoms with van der Waals surface area (Å²) >= 11 is 0. The number of aromatic hydroxyl groups is 1. The quantitative estimate of drug-likeness (QED) is 0.437. The summed E-state index contributed by atoms with van der Waals surface area (Å²) in [6.45, 7) is 9.47. The highest BCUT2D eigenvalue weighted by Gasteiger charge is 2.37. The molecular weight excluding hydrogens is 487 g/mol. The molecule has 0 radical (unpaired) electrons. The van der Waals surface area contributed by atoms with E-state index in [-0.39, 0.29) is 29.9 Å². The van der Waals surface area contributed by atoms with Crippen LogP contribution in [0.3, 0.4) is 0 Å². The molecule has 5 N–H and O–H groups in total. The monoisotopic (exact) mass is 528 g/mol. The number of halogens is 1. The highest BCUT2D eigenvalue weighted by Crippen LogP contribution is 2.31. The molecule has 0 aliphatic heterocycles. The second kappa shape index (κ2) is 12.4. The van der Waals surface area contributed by atoms with Crippen LogP contribution in [0.2, 0.25) is 0 Å². The van der Waals surface area contributed by atoms with Gasteiger partial charge in [0.25, 0.3) is 0 Å². The van der Waals surface area contributed by atoms with Gasteiger partial charge in [0.1, 0.15) is 23.7 Å². The zero-order valence-corrected chi connectivity index (χ0v) is 23.4. The highest BCUT2D eigenvalue weighted by atomic mass is 19.1. The third kappa shape index (κ3) is 7.31. The zero-order chi connectivity index (χ0) is 28.9. The number of carbonyl (C=O) groups is 3. The number of carbonyl (C=O) groups excluding carboxylic acids is 3. The van der Waals surface area contributed by atoms with E-state index in [1.54, 1.807) is 50.2 Å². The summed E-state index contributed by atoms with van der Waals surface area (Å²) in [5.41, 5.74) is 13.3. The number of nitrogens with zero attached hydrogens (tertiary/aromatic N) is 2. The van der Waals surface area contributed by atoms with Crippen LogP contribution in [0.1, 0.15) is 51.3 Å². The smallest absolute Gasteiger partial charge is 0.246 e. The van der Waals surface area contributed by atoms with Gasteiger partial charge in [-0.3, -0.25) is 14.4 Å². The van der Waals surface area contributed by atoms with Gasteiger partial charge in [-0.1, -0.05) is 65.0 Å². The Morgan fingerprint density at radius 2 is 1.58 bits per heavy atom. The summed E-state index contributed by atoms with van der Waals surface area (Å²) in [6, 6.07) is 8.17. The van der Waals surface area contributed by atoms with Gasteiger partial charge >= 0.3 is 0 Å². The maximum Gasteiger partial charge on any atom is 0.246 e. The Bertz CT molecular complexity index is 1160. The number of hydrogen-bond donors (Lipinski definition) is 3. The van der Waals surface area contributed by atoms with Crippen LogP contribution in [0.4, 0.5) is 4.39 Å². The van der Waals surface area contributed by atoms with Crippen molar-refractivity contribution in [1.29, 1.82) is 0 Å². The Labute approximate surface area is 224 Å². The van der Waals surface area contributed by atoms with Crippen LogP contribution in [0.25, 0.3) is 0 Å². The number of amides is 3. The van der Waals surface area contributed by atoms with Crippen molar-refractivity contribution in [2.45, 2.75) is 71.0 Å². The van der Waals surface area contributed by atoms with Crippen LogP contribution in [-0.2, 0) is 32.6 Å².